The first kappa shape index (κ1) is 17.7. The van der Waals surface area contributed by atoms with Gasteiger partial charge >= 0.3 is 6.03 Å². The van der Waals surface area contributed by atoms with E-state index in [0.717, 1.165) is 9.78 Å². The minimum atomic E-state index is -0.611. The molecule has 8 heteroatoms. The van der Waals surface area contributed by atoms with E-state index in [1.807, 2.05) is 24.4 Å². The molecule has 1 aromatic carbocycles. The van der Waals surface area contributed by atoms with E-state index in [9.17, 15) is 14.4 Å². The van der Waals surface area contributed by atoms with Crippen LogP contribution < -0.4 is 15.4 Å². The summed E-state index contributed by atoms with van der Waals surface area (Å²) in [6, 6.07) is 9.91. The summed E-state index contributed by atoms with van der Waals surface area (Å²) in [6.07, 6.45) is 1.59. The number of ether oxygens (including phenoxy) is 1. The topological polar surface area (TPSA) is 87.7 Å². The maximum atomic E-state index is 12.3. The zero-order valence-electron chi connectivity index (χ0n) is 14.0. The highest BCUT2D eigenvalue weighted by molar-refractivity contribution is 7.10. The van der Waals surface area contributed by atoms with Crippen molar-refractivity contribution in [1.29, 1.82) is 0 Å². The lowest BCUT2D eigenvalue weighted by atomic mass is 10.3. The molecule has 0 bridgehead atoms. The molecule has 1 aliphatic rings. The lowest BCUT2D eigenvalue weighted by molar-refractivity contribution is -0.127. The van der Waals surface area contributed by atoms with E-state index in [-0.39, 0.29) is 12.2 Å². The molecular weight excluding hydrogens is 354 g/mol. The third-order valence-electron chi connectivity index (χ3n) is 3.54. The van der Waals surface area contributed by atoms with Crippen molar-refractivity contribution in [3.8, 4) is 5.75 Å². The fourth-order valence-corrected chi connectivity index (χ4v) is 3.03. The Kier molecular flexibility index (Phi) is 5.33. The highest BCUT2D eigenvalue weighted by Crippen LogP contribution is 2.18. The van der Waals surface area contributed by atoms with Crippen LogP contribution in [0.15, 0.2) is 47.5 Å². The fraction of sp³-hybridized carbons (Fsp3) is 0.167. The number of amides is 4. The lowest BCUT2D eigenvalue weighted by Crippen LogP contribution is -2.38. The monoisotopic (exact) mass is 371 g/mol. The summed E-state index contributed by atoms with van der Waals surface area (Å²) in [4.78, 5) is 38.2. The molecule has 2 heterocycles. The molecule has 0 unspecified atom stereocenters. The van der Waals surface area contributed by atoms with Gasteiger partial charge in [-0.2, -0.15) is 0 Å². The number of anilines is 1. The quantitative estimate of drug-likeness (QED) is 0.604. The number of carbonyl (C=O) groups is 3. The summed E-state index contributed by atoms with van der Waals surface area (Å²) in [7, 11) is 0. The van der Waals surface area contributed by atoms with Gasteiger partial charge in [0.05, 0.1) is 6.61 Å². The van der Waals surface area contributed by atoms with E-state index in [2.05, 4.69) is 10.6 Å². The molecule has 0 aliphatic carbocycles. The second kappa shape index (κ2) is 7.83. The summed E-state index contributed by atoms with van der Waals surface area (Å²) < 4.78 is 5.33. The average Bonchev–Trinajstić information content (AvgIpc) is 3.21. The molecule has 7 nitrogen and oxygen atoms in total. The van der Waals surface area contributed by atoms with Crippen molar-refractivity contribution in [2.45, 2.75) is 6.92 Å². The Morgan fingerprint density at radius 2 is 2.04 bits per heavy atom. The third kappa shape index (κ3) is 4.09. The molecule has 2 aromatic rings. The maximum Gasteiger partial charge on any atom is 0.329 e. The molecular formula is C18H17N3O4S. The van der Waals surface area contributed by atoms with Gasteiger partial charge in [0.2, 0.25) is 5.91 Å². The number of urea groups is 1. The first-order valence-corrected chi connectivity index (χ1v) is 8.85. The summed E-state index contributed by atoms with van der Waals surface area (Å²) in [5, 5.41) is 7.02. The molecule has 1 aromatic heterocycles. The average molecular weight is 371 g/mol. The van der Waals surface area contributed by atoms with Crippen molar-refractivity contribution in [1.82, 2.24) is 10.2 Å². The van der Waals surface area contributed by atoms with Crippen LogP contribution in [0.4, 0.5) is 10.5 Å². The van der Waals surface area contributed by atoms with Gasteiger partial charge in [0, 0.05) is 10.6 Å². The second-order valence-electron chi connectivity index (χ2n) is 5.40. The normalized spacial score (nSPS) is 15.3. The molecule has 0 spiro atoms. The van der Waals surface area contributed by atoms with Crippen molar-refractivity contribution >= 4 is 40.9 Å². The first-order chi connectivity index (χ1) is 12.6. The maximum absolute atomic E-state index is 12.3. The second-order valence-corrected chi connectivity index (χ2v) is 6.38. The van der Waals surface area contributed by atoms with Crippen LogP contribution in [0.1, 0.15) is 11.8 Å². The molecule has 4 amide bonds. The molecule has 1 aliphatic heterocycles. The Morgan fingerprint density at radius 1 is 1.27 bits per heavy atom. The van der Waals surface area contributed by atoms with Crippen molar-refractivity contribution < 1.29 is 19.1 Å². The molecule has 0 saturated carbocycles. The van der Waals surface area contributed by atoms with Gasteiger partial charge in [-0.1, -0.05) is 6.07 Å². The Hall–Kier alpha value is -3.13. The zero-order chi connectivity index (χ0) is 18.5. The van der Waals surface area contributed by atoms with Crippen LogP contribution in [-0.4, -0.2) is 35.9 Å². The number of hydrogen-bond donors (Lipinski definition) is 2. The Morgan fingerprint density at radius 3 is 2.69 bits per heavy atom. The van der Waals surface area contributed by atoms with E-state index in [1.54, 1.807) is 30.3 Å². The van der Waals surface area contributed by atoms with E-state index in [1.165, 1.54) is 11.3 Å². The summed E-state index contributed by atoms with van der Waals surface area (Å²) in [6.45, 7) is 2.08. The number of thiophene rings is 1. The third-order valence-corrected chi connectivity index (χ3v) is 4.36. The van der Waals surface area contributed by atoms with Crippen LogP contribution >= 0.6 is 11.3 Å². The minimum absolute atomic E-state index is 0.159. The summed E-state index contributed by atoms with van der Waals surface area (Å²) >= 11 is 1.45. The van der Waals surface area contributed by atoms with Gasteiger partial charge < -0.3 is 15.4 Å². The van der Waals surface area contributed by atoms with Crippen LogP contribution in [0.25, 0.3) is 6.08 Å². The fourth-order valence-electron chi connectivity index (χ4n) is 2.38. The number of benzene rings is 1. The van der Waals surface area contributed by atoms with Crippen LogP contribution in [0.2, 0.25) is 0 Å². The molecule has 26 heavy (non-hydrogen) atoms. The van der Waals surface area contributed by atoms with Gasteiger partial charge in [0.25, 0.3) is 5.91 Å². The standard InChI is InChI=1S/C18H17N3O4S/c1-2-25-13-7-5-12(6-8-13)19-16(22)11-21-17(23)15(20-18(21)24)10-14-4-3-9-26-14/h3-10H,2,11H2,1H3,(H,19,22)(H,20,24)/b15-10+. The van der Waals surface area contributed by atoms with E-state index < -0.39 is 17.8 Å². The van der Waals surface area contributed by atoms with Crippen molar-refractivity contribution in [2.75, 3.05) is 18.5 Å². The van der Waals surface area contributed by atoms with Gasteiger partial charge in [0.15, 0.2) is 0 Å². The SMILES string of the molecule is CCOc1ccc(NC(=O)CN2C(=O)N/C(=C/c3cccs3)C2=O)cc1. The minimum Gasteiger partial charge on any atom is -0.494 e. The zero-order valence-corrected chi connectivity index (χ0v) is 14.8. The molecule has 1 saturated heterocycles. The van der Waals surface area contributed by atoms with Crippen molar-refractivity contribution in [3.05, 3.63) is 52.4 Å². The summed E-state index contributed by atoms with van der Waals surface area (Å²) in [5.74, 6) is -0.289. The number of carbonyl (C=O) groups excluding carboxylic acids is 3. The van der Waals surface area contributed by atoms with Crippen molar-refractivity contribution in [2.24, 2.45) is 0 Å². The number of imide groups is 1. The molecule has 2 N–H and O–H groups in total. The van der Waals surface area contributed by atoms with Gasteiger partial charge in [-0.3, -0.25) is 9.59 Å². The van der Waals surface area contributed by atoms with E-state index in [4.69, 9.17) is 4.74 Å². The van der Waals surface area contributed by atoms with Crippen molar-refractivity contribution in [3.63, 3.8) is 0 Å². The van der Waals surface area contributed by atoms with E-state index >= 15 is 0 Å². The largest absolute Gasteiger partial charge is 0.494 e. The van der Waals surface area contributed by atoms with Crippen LogP contribution in [0.5, 0.6) is 5.75 Å². The highest BCUT2D eigenvalue weighted by atomic mass is 32.1. The highest BCUT2D eigenvalue weighted by Gasteiger charge is 2.34. The smallest absolute Gasteiger partial charge is 0.329 e. The van der Waals surface area contributed by atoms with Crippen LogP contribution in [0.3, 0.4) is 0 Å². The molecule has 134 valence electrons. The summed E-state index contributed by atoms with van der Waals surface area (Å²) in [5.41, 5.74) is 0.714. The first-order valence-electron chi connectivity index (χ1n) is 7.97. The van der Waals surface area contributed by atoms with Gasteiger partial charge in [-0.25, -0.2) is 9.69 Å². The predicted octanol–water partition coefficient (Wildman–Crippen LogP) is 2.68. The van der Waals surface area contributed by atoms with Gasteiger partial charge in [-0.15, -0.1) is 11.3 Å². The number of hydrogen-bond acceptors (Lipinski definition) is 5. The van der Waals surface area contributed by atoms with Gasteiger partial charge in [0.1, 0.15) is 18.0 Å². The van der Waals surface area contributed by atoms with Crippen LogP contribution in [0, 0.1) is 0 Å². The lowest BCUT2D eigenvalue weighted by Gasteiger charge is -2.12. The van der Waals surface area contributed by atoms with E-state index in [0.29, 0.717) is 18.0 Å². The Bertz CT molecular complexity index is 844. The molecule has 0 atom stereocenters. The predicted molar refractivity (Wildman–Crippen MR) is 98.8 cm³/mol. The Labute approximate surface area is 154 Å². The van der Waals surface area contributed by atoms with Gasteiger partial charge in [-0.05, 0) is 48.7 Å². The molecule has 3 rings (SSSR count). The number of nitrogens with one attached hydrogen (secondary N) is 2. The number of rotatable bonds is 6. The Balaban J connectivity index is 1.62. The molecule has 0 radical (unpaired) electrons. The number of nitrogens with zero attached hydrogens (tertiary/aromatic N) is 1. The van der Waals surface area contributed by atoms with Crippen LogP contribution in [-0.2, 0) is 9.59 Å². The molecule has 1 fully saturated rings.